The fourth-order valence-corrected chi connectivity index (χ4v) is 1.67. The van der Waals surface area contributed by atoms with Crippen LogP contribution in [0.5, 0.6) is 0 Å². The normalized spacial score (nSPS) is 10.5. The summed E-state index contributed by atoms with van der Waals surface area (Å²) in [6.07, 6.45) is 2.90. The lowest BCUT2D eigenvalue weighted by Crippen LogP contribution is -2.19. The van der Waals surface area contributed by atoms with Crippen LogP contribution in [-0.2, 0) is 17.8 Å². The Labute approximate surface area is 115 Å². The molecule has 0 aliphatic rings. The largest absolute Gasteiger partial charge is 0.396 e. The predicted octanol–water partition coefficient (Wildman–Crippen LogP) is 0.981. The van der Waals surface area contributed by atoms with Crippen LogP contribution >= 0.6 is 0 Å². The van der Waals surface area contributed by atoms with Crippen molar-refractivity contribution >= 4 is 11.6 Å². The van der Waals surface area contributed by atoms with Crippen molar-refractivity contribution in [2.75, 3.05) is 11.9 Å². The van der Waals surface area contributed by atoms with Gasteiger partial charge in [0.1, 0.15) is 12.4 Å². The highest BCUT2D eigenvalue weighted by Gasteiger charge is 2.06. The molecule has 0 atom stereocenters. The van der Waals surface area contributed by atoms with Gasteiger partial charge >= 0.3 is 0 Å². The average molecular weight is 278 g/mol. The van der Waals surface area contributed by atoms with Crippen LogP contribution in [0.1, 0.15) is 12.1 Å². The van der Waals surface area contributed by atoms with Crippen molar-refractivity contribution in [3.8, 4) is 0 Å². The summed E-state index contributed by atoms with van der Waals surface area (Å²) in [6.45, 7) is 0.126. The third-order valence-corrected chi connectivity index (χ3v) is 2.61. The van der Waals surface area contributed by atoms with Crippen molar-refractivity contribution in [3.05, 3.63) is 42.0 Å². The lowest BCUT2D eigenvalue weighted by Gasteiger charge is -2.04. The van der Waals surface area contributed by atoms with E-state index in [2.05, 4.69) is 15.6 Å². The number of halogens is 1. The number of aryl methyl sites for hydroxylation is 1. The van der Waals surface area contributed by atoms with Gasteiger partial charge in [0.25, 0.3) is 0 Å². The minimum absolute atomic E-state index is 0.0313. The van der Waals surface area contributed by atoms with E-state index in [-0.39, 0.29) is 24.9 Å². The molecule has 0 aliphatic heterocycles. The maximum atomic E-state index is 12.7. The van der Waals surface area contributed by atoms with Crippen molar-refractivity contribution in [1.82, 2.24) is 15.0 Å². The second-order valence-corrected chi connectivity index (χ2v) is 4.29. The molecular formula is C13H15FN4O2. The van der Waals surface area contributed by atoms with Gasteiger partial charge < -0.3 is 10.4 Å². The van der Waals surface area contributed by atoms with Gasteiger partial charge in [0.2, 0.25) is 5.91 Å². The molecule has 1 aromatic heterocycles. The number of rotatable bonds is 6. The molecule has 7 heteroatoms. The van der Waals surface area contributed by atoms with E-state index in [0.717, 1.165) is 5.69 Å². The number of hydrogen-bond acceptors (Lipinski definition) is 4. The Morgan fingerprint density at radius 3 is 2.80 bits per heavy atom. The molecular weight excluding hydrogens is 263 g/mol. The molecule has 1 amide bonds. The third kappa shape index (κ3) is 4.13. The van der Waals surface area contributed by atoms with Gasteiger partial charge in [0.15, 0.2) is 0 Å². The number of carbonyl (C=O) groups is 1. The second-order valence-electron chi connectivity index (χ2n) is 4.29. The maximum Gasteiger partial charge on any atom is 0.246 e. The summed E-state index contributed by atoms with van der Waals surface area (Å²) in [5.74, 6) is -0.622. The molecule has 2 aromatic rings. The lowest BCUT2D eigenvalue weighted by atomic mass is 10.3. The zero-order valence-corrected chi connectivity index (χ0v) is 10.8. The van der Waals surface area contributed by atoms with Gasteiger partial charge in [-0.2, -0.15) is 0 Å². The average Bonchev–Trinajstić information content (AvgIpc) is 2.86. The number of nitrogens with one attached hydrogen (secondary N) is 1. The van der Waals surface area contributed by atoms with Gasteiger partial charge in [-0.05, 0) is 37.1 Å². The highest BCUT2D eigenvalue weighted by molar-refractivity contribution is 5.90. The first-order valence-electron chi connectivity index (χ1n) is 6.22. The van der Waals surface area contributed by atoms with Gasteiger partial charge in [-0.3, -0.25) is 4.79 Å². The number of hydrogen-bond donors (Lipinski definition) is 2. The second kappa shape index (κ2) is 6.76. The molecule has 0 saturated heterocycles. The van der Waals surface area contributed by atoms with Crippen LogP contribution < -0.4 is 5.32 Å². The summed E-state index contributed by atoms with van der Waals surface area (Å²) >= 11 is 0. The lowest BCUT2D eigenvalue weighted by molar-refractivity contribution is -0.116. The zero-order chi connectivity index (χ0) is 14.4. The smallest absolute Gasteiger partial charge is 0.246 e. The summed E-state index contributed by atoms with van der Waals surface area (Å²) in [5, 5.41) is 19.1. The van der Waals surface area contributed by atoms with E-state index in [1.54, 1.807) is 6.20 Å². The van der Waals surface area contributed by atoms with Gasteiger partial charge in [-0.1, -0.05) is 5.21 Å². The Bertz CT molecular complexity index is 568. The highest BCUT2D eigenvalue weighted by Crippen LogP contribution is 2.08. The van der Waals surface area contributed by atoms with Crippen LogP contribution in [0, 0.1) is 5.82 Å². The van der Waals surface area contributed by atoms with Crippen LogP contribution in [0.4, 0.5) is 10.1 Å². The monoisotopic (exact) mass is 278 g/mol. The minimum Gasteiger partial charge on any atom is -0.396 e. The van der Waals surface area contributed by atoms with Gasteiger partial charge in [-0.15, -0.1) is 5.10 Å². The molecule has 0 aliphatic carbocycles. The highest BCUT2D eigenvalue weighted by atomic mass is 19.1. The molecule has 1 heterocycles. The molecule has 0 bridgehead atoms. The standard InChI is InChI=1S/C13H15FN4O2/c14-10-3-5-11(6-4-10)15-13(20)9-18-8-12(16-17-18)2-1-7-19/h3-6,8,19H,1-2,7,9H2,(H,15,20). The first-order chi connectivity index (χ1) is 9.67. The first-order valence-corrected chi connectivity index (χ1v) is 6.22. The number of aliphatic hydroxyl groups is 1. The van der Waals surface area contributed by atoms with Crippen LogP contribution in [-0.4, -0.2) is 32.6 Å². The summed E-state index contributed by atoms with van der Waals surface area (Å²) in [7, 11) is 0. The van der Waals surface area contributed by atoms with Crippen molar-refractivity contribution in [3.63, 3.8) is 0 Å². The number of aliphatic hydroxyl groups excluding tert-OH is 1. The van der Waals surface area contributed by atoms with E-state index in [9.17, 15) is 9.18 Å². The van der Waals surface area contributed by atoms with E-state index in [4.69, 9.17) is 5.11 Å². The van der Waals surface area contributed by atoms with E-state index < -0.39 is 0 Å². The fourth-order valence-electron chi connectivity index (χ4n) is 1.67. The van der Waals surface area contributed by atoms with Crippen molar-refractivity contribution in [1.29, 1.82) is 0 Å². The molecule has 20 heavy (non-hydrogen) atoms. The topological polar surface area (TPSA) is 80.0 Å². The van der Waals surface area contributed by atoms with Crippen LogP contribution in [0.2, 0.25) is 0 Å². The molecule has 6 nitrogen and oxygen atoms in total. The number of carbonyl (C=O) groups excluding carboxylic acids is 1. The van der Waals surface area contributed by atoms with Gasteiger partial charge in [-0.25, -0.2) is 9.07 Å². The summed E-state index contributed by atoms with van der Waals surface area (Å²) in [6, 6.07) is 5.53. The Kier molecular flexibility index (Phi) is 4.78. The SMILES string of the molecule is O=C(Cn1cc(CCCO)nn1)Nc1ccc(F)cc1. The Hall–Kier alpha value is -2.28. The predicted molar refractivity (Wildman–Crippen MR) is 70.5 cm³/mol. The van der Waals surface area contributed by atoms with Crippen molar-refractivity contribution in [2.45, 2.75) is 19.4 Å². The van der Waals surface area contributed by atoms with Crippen LogP contribution in [0.15, 0.2) is 30.5 Å². The summed E-state index contributed by atoms with van der Waals surface area (Å²) in [4.78, 5) is 11.8. The maximum absolute atomic E-state index is 12.7. The molecule has 0 saturated carbocycles. The van der Waals surface area contributed by atoms with Gasteiger partial charge in [0, 0.05) is 18.5 Å². The molecule has 0 fully saturated rings. The molecule has 2 N–H and O–H groups in total. The zero-order valence-electron chi connectivity index (χ0n) is 10.8. The number of benzene rings is 1. The quantitative estimate of drug-likeness (QED) is 0.825. The van der Waals surface area contributed by atoms with E-state index >= 15 is 0 Å². The van der Waals surface area contributed by atoms with E-state index in [1.165, 1.54) is 28.9 Å². The summed E-state index contributed by atoms with van der Waals surface area (Å²) < 4.78 is 14.1. The molecule has 1 aromatic carbocycles. The fraction of sp³-hybridized carbons (Fsp3) is 0.308. The first kappa shape index (κ1) is 14.1. The van der Waals surface area contributed by atoms with Crippen molar-refractivity contribution < 1.29 is 14.3 Å². The van der Waals surface area contributed by atoms with Crippen LogP contribution in [0.25, 0.3) is 0 Å². The molecule has 0 radical (unpaired) electrons. The van der Waals surface area contributed by atoms with Crippen molar-refractivity contribution in [2.24, 2.45) is 0 Å². The molecule has 0 spiro atoms. The Morgan fingerprint density at radius 1 is 1.35 bits per heavy atom. The van der Waals surface area contributed by atoms with E-state index in [0.29, 0.717) is 18.5 Å². The number of nitrogens with zero attached hydrogens (tertiary/aromatic N) is 3. The Balaban J connectivity index is 1.87. The number of amides is 1. The molecule has 106 valence electrons. The molecule has 0 unspecified atom stereocenters. The number of anilines is 1. The molecule has 2 rings (SSSR count). The minimum atomic E-state index is -0.354. The van der Waals surface area contributed by atoms with Gasteiger partial charge in [0.05, 0.1) is 5.69 Å². The van der Waals surface area contributed by atoms with Crippen LogP contribution in [0.3, 0.4) is 0 Å². The summed E-state index contributed by atoms with van der Waals surface area (Å²) in [5.41, 5.74) is 1.26. The third-order valence-electron chi connectivity index (χ3n) is 2.61. The Morgan fingerprint density at radius 2 is 2.10 bits per heavy atom. The number of aromatic nitrogens is 3. The van der Waals surface area contributed by atoms with E-state index in [1.807, 2.05) is 0 Å².